The number of terminal acetylenes is 1. The Kier molecular flexibility index (Phi) is 4.56. The van der Waals surface area contributed by atoms with Crippen LogP contribution in [0.5, 0.6) is 0 Å². The first-order chi connectivity index (χ1) is 5.13. The van der Waals surface area contributed by atoms with Crippen LogP contribution in [0.3, 0.4) is 0 Å². The Labute approximate surface area is 68.2 Å². The van der Waals surface area contributed by atoms with Crippen molar-refractivity contribution in [2.75, 3.05) is 0 Å². The van der Waals surface area contributed by atoms with Crippen LogP contribution in [0.25, 0.3) is 0 Å². The largest absolute Gasteiger partial charge is 0.321 e. The minimum absolute atomic E-state index is 0.0261. The van der Waals surface area contributed by atoms with Gasteiger partial charge in [0.1, 0.15) is 0 Å². The second-order valence-electron chi connectivity index (χ2n) is 2.76. The van der Waals surface area contributed by atoms with Crippen molar-refractivity contribution < 1.29 is 4.79 Å². The molecule has 0 aliphatic heterocycles. The van der Waals surface area contributed by atoms with Crippen LogP contribution in [0, 0.1) is 18.3 Å². The summed E-state index contributed by atoms with van der Waals surface area (Å²) >= 11 is 0. The van der Waals surface area contributed by atoms with Gasteiger partial charge in [-0.3, -0.25) is 4.79 Å². The number of carbonyl (C=O) groups is 1. The minimum Gasteiger partial charge on any atom is -0.321 e. The number of hydrogen-bond acceptors (Lipinski definition) is 2. The Hall–Kier alpha value is -0.810. The molecular formula is C9H15NO. The Morgan fingerprint density at radius 3 is 2.64 bits per heavy atom. The summed E-state index contributed by atoms with van der Waals surface area (Å²) in [6.07, 6.45) is 6.05. The Bertz CT molecular complexity index is 169. The maximum atomic E-state index is 11.1. The lowest BCUT2D eigenvalue weighted by Gasteiger charge is -2.15. The summed E-state index contributed by atoms with van der Waals surface area (Å²) in [5.74, 6) is 2.50. The standard InChI is InChI=1S/C9H15NO/c1-4-6-8(11)9(10)7(3)5-2/h1,7,9H,5-6,10H2,2-3H3. The summed E-state index contributed by atoms with van der Waals surface area (Å²) in [5.41, 5.74) is 5.61. The van der Waals surface area contributed by atoms with Crippen LogP contribution in [0.2, 0.25) is 0 Å². The van der Waals surface area contributed by atoms with E-state index in [-0.39, 0.29) is 24.2 Å². The van der Waals surface area contributed by atoms with Gasteiger partial charge in [0.15, 0.2) is 5.78 Å². The van der Waals surface area contributed by atoms with Gasteiger partial charge in [0.05, 0.1) is 12.5 Å². The summed E-state index contributed by atoms with van der Waals surface area (Å²) in [5, 5.41) is 0. The first-order valence-corrected chi connectivity index (χ1v) is 3.85. The van der Waals surface area contributed by atoms with Gasteiger partial charge < -0.3 is 5.73 Å². The summed E-state index contributed by atoms with van der Waals surface area (Å²) in [4.78, 5) is 11.1. The molecule has 0 fully saturated rings. The van der Waals surface area contributed by atoms with E-state index >= 15 is 0 Å². The highest BCUT2D eigenvalue weighted by molar-refractivity contribution is 5.85. The molecule has 0 bridgehead atoms. The fourth-order valence-electron chi connectivity index (χ4n) is 0.790. The molecule has 0 heterocycles. The lowest BCUT2D eigenvalue weighted by Crippen LogP contribution is -2.36. The van der Waals surface area contributed by atoms with E-state index < -0.39 is 0 Å². The third kappa shape index (κ3) is 3.20. The number of Topliss-reactive ketones (excluding diaryl/α,β-unsaturated/α-hetero) is 1. The number of nitrogens with two attached hydrogens (primary N) is 1. The molecule has 0 saturated carbocycles. The molecule has 0 amide bonds. The molecule has 2 N–H and O–H groups in total. The smallest absolute Gasteiger partial charge is 0.161 e. The van der Waals surface area contributed by atoms with E-state index in [1.54, 1.807) is 0 Å². The van der Waals surface area contributed by atoms with Gasteiger partial charge >= 0.3 is 0 Å². The third-order valence-electron chi connectivity index (χ3n) is 1.91. The lowest BCUT2D eigenvalue weighted by atomic mass is 9.95. The Morgan fingerprint density at radius 2 is 2.27 bits per heavy atom. The van der Waals surface area contributed by atoms with Gasteiger partial charge in [-0.2, -0.15) is 0 Å². The highest BCUT2D eigenvalue weighted by Gasteiger charge is 2.17. The number of ketones is 1. The quantitative estimate of drug-likeness (QED) is 0.611. The number of hydrogen-bond donors (Lipinski definition) is 1. The molecule has 0 rings (SSSR count). The molecule has 2 nitrogen and oxygen atoms in total. The summed E-state index contributed by atoms with van der Waals surface area (Å²) in [6, 6.07) is -0.379. The zero-order valence-electron chi connectivity index (χ0n) is 7.13. The third-order valence-corrected chi connectivity index (χ3v) is 1.91. The number of rotatable bonds is 4. The van der Waals surface area contributed by atoms with Crippen LogP contribution < -0.4 is 5.73 Å². The molecule has 2 atom stereocenters. The first kappa shape index (κ1) is 10.2. The SMILES string of the molecule is C#CCC(=O)C(N)C(C)CC. The van der Waals surface area contributed by atoms with Gasteiger partial charge in [-0.1, -0.05) is 26.2 Å². The maximum absolute atomic E-state index is 11.1. The summed E-state index contributed by atoms with van der Waals surface area (Å²) in [7, 11) is 0. The van der Waals surface area contributed by atoms with Crippen LogP contribution in [-0.2, 0) is 4.79 Å². The van der Waals surface area contributed by atoms with E-state index in [2.05, 4.69) is 5.92 Å². The van der Waals surface area contributed by atoms with Gasteiger partial charge in [0.2, 0.25) is 0 Å². The molecular weight excluding hydrogens is 138 g/mol. The van der Waals surface area contributed by atoms with E-state index in [0.717, 1.165) is 6.42 Å². The first-order valence-electron chi connectivity index (χ1n) is 3.85. The summed E-state index contributed by atoms with van der Waals surface area (Å²) < 4.78 is 0. The molecule has 0 spiro atoms. The fraction of sp³-hybridized carbons (Fsp3) is 0.667. The second kappa shape index (κ2) is 4.92. The molecule has 2 unspecified atom stereocenters. The van der Waals surface area contributed by atoms with Crippen molar-refractivity contribution in [3.8, 4) is 12.3 Å². The van der Waals surface area contributed by atoms with Crippen molar-refractivity contribution >= 4 is 5.78 Å². The van der Waals surface area contributed by atoms with Crippen LogP contribution in [0.1, 0.15) is 26.7 Å². The highest BCUT2D eigenvalue weighted by Crippen LogP contribution is 2.06. The predicted molar refractivity (Wildman–Crippen MR) is 45.9 cm³/mol. The topological polar surface area (TPSA) is 43.1 Å². The van der Waals surface area contributed by atoms with Crippen molar-refractivity contribution in [2.24, 2.45) is 11.7 Å². The molecule has 2 heteroatoms. The zero-order chi connectivity index (χ0) is 8.85. The van der Waals surface area contributed by atoms with Gasteiger partial charge in [-0.25, -0.2) is 0 Å². The van der Waals surface area contributed by atoms with E-state index in [1.165, 1.54) is 0 Å². The second-order valence-corrected chi connectivity index (χ2v) is 2.76. The monoisotopic (exact) mass is 153 g/mol. The Balaban J connectivity index is 3.93. The minimum atomic E-state index is -0.379. The van der Waals surface area contributed by atoms with Gasteiger partial charge in [-0.05, 0) is 5.92 Å². The average molecular weight is 153 g/mol. The van der Waals surface area contributed by atoms with Gasteiger partial charge in [-0.15, -0.1) is 6.42 Å². The van der Waals surface area contributed by atoms with Crippen molar-refractivity contribution in [3.05, 3.63) is 0 Å². The van der Waals surface area contributed by atoms with Crippen LogP contribution >= 0.6 is 0 Å². The molecule has 0 radical (unpaired) electrons. The Morgan fingerprint density at radius 1 is 1.73 bits per heavy atom. The predicted octanol–water partition coefficient (Wildman–Crippen LogP) is 0.952. The fourth-order valence-corrected chi connectivity index (χ4v) is 0.790. The lowest BCUT2D eigenvalue weighted by molar-refractivity contribution is -0.120. The van der Waals surface area contributed by atoms with E-state index in [9.17, 15) is 4.79 Å². The van der Waals surface area contributed by atoms with Crippen molar-refractivity contribution in [3.63, 3.8) is 0 Å². The molecule has 0 aliphatic rings. The molecule has 0 saturated heterocycles. The molecule has 62 valence electrons. The maximum Gasteiger partial charge on any atom is 0.161 e. The van der Waals surface area contributed by atoms with Crippen LogP contribution in [-0.4, -0.2) is 11.8 Å². The zero-order valence-corrected chi connectivity index (χ0v) is 7.13. The normalized spacial score (nSPS) is 15.1. The van der Waals surface area contributed by atoms with Gasteiger partial charge in [0, 0.05) is 0 Å². The van der Waals surface area contributed by atoms with Crippen LogP contribution in [0.15, 0.2) is 0 Å². The van der Waals surface area contributed by atoms with Gasteiger partial charge in [0.25, 0.3) is 0 Å². The van der Waals surface area contributed by atoms with Crippen LogP contribution in [0.4, 0.5) is 0 Å². The highest BCUT2D eigenvalue weighted by atomic mass is 16.1. The van der Waals surface area contributed by atoms with E-state index in [0.29, 0.717) is 0 Å². The molecule has 0 aromatic heterocycles. The number of carbonyl (C=O) groups excluding carboxylic acids is 1. The van der Waals surface area contributed by atoms with Crippen molar-refractivity contribution in [2.45, 2.75) is 32.7 Å². The summed E-state index contributed by atoms with van der Waals surface area (Å²) in [6.45, 7) is 3.97. The van der Waals surface area contributed by atoms with Crippen molar-refractivity contribution in [1.82, 2.24) is 0 Å². The van der Waals surface area contributed by atoms with E-state index in [1.807, 2.05) is 13.8 Å². The molecule has 0 aromatic carbocycles. The van der Waals surface area contributed by atoms with E-state index in [4.69, 9.17) is 12.2 Å². The molecule has 0 aliphatic carbocycles. The molecule has 11 heavy (non-hydrogen) atoms. The molecule has 0 aromatic rings. The average Bonchev–Trinajstić information content (AvgIpc) is 2.02. The van der Waals surface area contributed by atoms with Crippen molar-refractivity contribution in [1.29, 1.82) is 0 Å².